The summed E-state index contributed by atoms with van der Waals surface area (Å²) in [6.45, 7) is 6.07. The van der Waals surface area contributed by atoms with Crippen molar-refractivity contribution in [2.75, 3.05) is 13.1 Å². The molecule has 1 unspecified atom stereocenters. The zero-order valence-corrected chi connectivity index (χ0v) is 11.6. The van der Waals surface area contributed by atoms with Crippen molar-refractivity contribution in [1.29, 1.82) is 0 Å². The van der Waals surface area contributed by atoms with Gasteiger partial charge in [-0.05, 0) is 31.9 Å². The van der Waals surface area contributed by atoms with E-state index in [-0.39, 0.29) is 6.10 Å². The number of nitrogens with zero attached hydrogens (tertiary/aromatic N) is 1. The van der Waals surface area contributed by atoms with Crippen molar-refractivity contribution in [3.63, 3.8) is 0 Å². The zero-order chi connectivity index (χ0) is 13.0. The van der Waals surface area contributed by atoms with Crippen molar-refractivity contribution in [3.8, 4) is 0 Å². The molecule has 0 spiro atoms. The number of hydrogen-bond donors (Lipinski definition) is 1. The van der Waals surface area contributed by atoms with E-state index in [4.69, 9.17) is 0 Å². The Morgan fingerprint density at radius 1 is 1.22 bits per heavy atom. The summed E-state index contributed by atoms with van der Waals surface area (Å²) in [6, 6.07) is 8.93. The van der Waals surface area contributed by atoms with Crippen LogP contribution in [0.25, 0.3) is 0 Å². The van der Waals surface area contributed by atoms with E-state index in [9.17, 15) is 5.11 Å². The molecule has 0 radical (unpaired) electrons. The van der Waals surface area contributed by atoms with Gasteiger partial charge in [0, 0.05) is 12.6 Å². The molecule has 0 bridgehead atoms. The first-order valence-corrected chi connectivity index (χ1v) is 7.19. The Balaban J connectivity index is 1.96. The number of hydrogen-bond acceptors (Lipinski definition) is 2. The van der Waals surface area contributed by atoms with Crippen LogP contribution in [-0.2, 0) is 0 Å². The summed E-state index contributed by atoms with van der Waals surface area (Å²) in [7, 11) is 0. The third-order valence-electron chi connectivity index (χ3n) is 4.12. The SMILES string of the molecule is CCN(CC(O)c1ccc(C)cc1)C1CCCC1. The summed E-state index contributed by atoms with van der Waals surface area (Å²) >= 11 is 0. The molecule has 2 heteroatoms. The fourth-order valence-corrected chi connectivity index (χ4v) is 2.92. The van der Waals surface area contributed by atoms with Gasteiger partial charge in [-0.25, -0.2) is 0 Å². The van der Waals surface area contributed by atoms with Crippen molar-refractivity contribution >= 4 is 0 Å². The first-order chi connectivity index (χ1) is 8.70. The first-order valence-electron chi connectivity index (χ1n) is 7.19. The normalized spacial score (nSPS) is 18.4. The average Bonchev–Trinajstić information content (AvgIpc) is 2.90. The fourth-order valence-electron chi connectivity index (χ4n) is 2.92. The van der Waals surface area contributed by atoms with Crippen molar-refractivity contribution in [2.24, 2.45) is 0 Å². The maximum atomic E-state index is 10.3. The van der Waals surface area contributed by atoms with Crippen LogP contribution in [-0.4, -0.2) is 29.1 Å². The van der Waals surface area contributed by atoms with Gasteiger partial charge in [0.05, 0.1) is 6.10 Å². The standard InChI is InChI=1S/C16H25NO/c1-3-17(15-6-4-5-7-15)12-16(18)14-10-8-13(2)9-11-14/h8-11,15-16,18H,3-7,12H2,1-2H3. The van der Waals surface area contributed by atoms with Gasteiger partial charge in [-0.1, -0.05) is 49.6 Å². The predicted octanol–water partition coefficient (Wildman–Crippen LogP) is 3.29. The Hall–Kier alpha value is -0.860. The van der Waals surface area contributed by atoms with Crippen LogP contribution in [0.5, 0.6) is 0 Å². The molecule has 1 aromatic rings. The van der Waals surface area contributed by atoms with Gasteiger partial charge in [0.15, 0.2) is 0 Å². The van der Waals surface area contributed by atoms with Crippen LogP contribution in [0, 0.1) is 6.92 Å². The highest BCUT2D eigenvalue weighted by molar-refractivity contribution is 5.23. The van der Waals surface area contributed by atoms with E-state index in [1.807, 2.05) is 12.1 Å². The summed E-state index contributed by atoms with van der Waals surface area (Å²) < 4.78 is 0. The molecular weight excluding hydrogens is 222 g/mol. The topological polar surface area (TPSA) is 23.5 Å². The second-order valence-corrected chi connectivity index (χ2v) is 5.45. The lowest BCUT2D eigenvalue weighted by atomic mass is 10.1. The third-order valence-corrected chi connectivity index (χ3v) is 4.12. The number of rotatable bonds is 5. The summed E-state index contributed by atoms with van der Waals surface area (Å²) in [5.74, 6) is 0. The van der Waals surface area contributed by atoms with Gasteiger partial charge in [-0.3, -0.25) is 4.90 Å². The molecular formula is C16H25NO. The van der Waals surface area contributed by atoms with Crippen molar-refractivity contribution in [3.05, 3.63) is 35.4 Å². The maximum Gasteiger partial charge on any atom is 0.0917 e. The Morgan fingerprint density at radius 3 is 2.39 bits per heavy atom. The minimum absolute atomic E-state index is 0.355. The Kier molecular flexibility index (Phi) is 4.79. The van der Waals surface area contributed by atoms with Crippen LogP contribution < -0.4 is 0 Å². The molecule has 1 aromatic carbocycles. The molecule has 0 amide bonds. The quantitative estimate of drug-likeness (QED) is 0.863. The lowest BCUT2D eigenvalue weighted by Crippen LogP contribution is -2.36. The molecule has 1 aliphatic rings. The van der Waals surface area contributed by atoms with E-state index in [0.29, 0.717) is 6.04 Å². The van der Waals surface area contributed by atoms with Gasteiger partial charge < -0.3 is 5.11 Å². The molecule has 0 heterocycles. The monoisotopic (exact) mass is 247 g/mol. The summed E-state index contributed by atoms with van der Waals surface area (Å²) in [5.41, 5.74) is 2.28. The van der Waals surface area contributed by atoms with Gasteiger partial charge in [0.2, 0.25) is 0 Å². The number of aliphatic hydroxyl groups excluding tert-OH is 1. The molecule has 1 saturated carbocycles. The maximum absolute atomic E-state index is 10.3. The second-order valence-electron chi connectivity index (χ2n) is 5.45. The van der Waals surface area contributed by atoms with Crippen LogP contribution in [0.2, 0.25) is 0 Å². The lowest BCUT2D eigenvalue weighted by molar-refractivity contribution is 0.0914. The third kappa shape index (κ3) is 3.33. The molecule has 0 saturated heterocycles. The Morgan fingerprint density at radius 2 is 1.83 bits per heavy atom. The summed E-state index contributed by atoms with van der Waals surface area (Å²) in [5, 5.41) is 10.3. The van der Waals surface area contributed by atoms with E-state index in [1.165, 1.54) is 31.2 Å². The minimum atomic E-state index is -0.355. The van der Waals surface area contributed by atoms with Crippen molar-refractivity contribution in [1.82, 2.24) is 4.90 Å². The van der Waals surface area contributed by atoms with Gasteiger partial charge >= 0.3 is 0 Å². The van der Waals surface area contributed by atoms with E-state index >= 15 is 0 Å². The van der Waals surface area contributed by atoms with E-state index in [2.05, 4.69) is 30.9 Å². The van der Waals surface area contributed by atoms with E-state index in [0.717, 1.165) is 18.7 Å². The summed E-state index contributed by atoms with van der Waals surface area (Å²) in [6.07, 6.45) is 4.94. The Bertz CT molecular complexity index is 354. The zero-order valence-electron chi connectivity index (χ0n) is 11.6. The van der Waals surface area contributed by atoms with E-state index < -0.39 is 0 Å². The molecule has 0 aliphatic heterocycles. The summed E-state index contributed by atoms with van der Waals surface area (Å²) in [4.78, 5) is 2.44. The molecule has 1 N–H and O–H groups in total. The molecule has 0 aromatic heterocycles. The molecule has 1 aliphatic carbocycles. The molecule has 2 nitrogen and oxygen atoms in total. The molecule has 18 heavy (non-hydrogen) atoms. The van der Waals surface area contributed by atoms with Crippen LogP contribution >= 0.6 is 0 Å². The van der Waals surface area contributed by atoms with Crippen LogP contribution in [0.4, 0.5) is 0 Å². The Labute approximate surface area is 111 Å². The minimum Gasteiger partial charge on any atom is -0.387 e. The highest BCUT2D eigenvalue weighted by atomic mass is 16.3. The smallest absolute Gasteiger partial charge is 0.0917 e. The van der Waals surface area contributed by atoms with Gasteiger partial charge in [0.1, 0.15) is 0 Å². The number of aliphatic hydroxyl groups is 1. The van der Waals surface area contributed by atoms with Crippen LogP contribution in [0.15, 0.2) is 24.3 Å². The predicted molar refractivity (Wildman–Crippen MR) is 75.6 cm³/mol. The van der Waals surface area contributed by atoms with Crippen molar-refractivity contribution < 1.29 is 5.11 Å². The van der Waals surface area contributed by atoms with Gasteiger partial charge in [-0.15, -0.1) is 0 Å². The first kappa shape index (κ1) is 13.6. The lowest BCUT2D eigenvalue weighted by Gasteiger charge is -2.29. The van der Waals surface area contributed by atoms with E-state index in [1.54, 1.807) is 0 Å². The number of benzene rings is 1. The highest BCUT2D eigenvalue weighted by Gasteiger charge is 2.23. The molecule has 2 rings (SSSR count). The van der Waals surface area contributed by atoms with Gasteiger partial charge in [-0.2, -0.15) is 0 Å². The van der Waals surface area contributed by atoms with Crippen LogP contribution in [0.1, 0.15) is 49.8 Å². The molecule has 1 fully saturated rings. The molecule has 1 atom stereocenters. The second kappa shape index (κ2) is 6.35. The van der Waals surface area contributed by atoms with Crippen molar-refractivity contribution in [2.45, 2.75) is 51.7 Å². The van der Waals surface area contributed by atoms with Crippen LogP contribution in [0.3, 0.4) is 0 Å². The molecule has 100 valence electrons. The van der Waals surface area contributed by atoms with Gasteiger partial charge in [0.25, 0.3) is 0 Å². The highest BCUT2D eigenvalue weighted by Crippen LogP contribution is 2.25. The number of likely N-dealkylation sites (N-methyl/N-ethyl adjacent to an activating group) is 1. The largest absolute Gasteiger partial charge is 0.387 e. The average molecular weight is 247 g/mol. The number of aryl methyl sites for hydroxylation is 1. The fraction of sp³-hybridized carbons (Fsp3) is 0.625.